The van der Waals surface area contributed by atoms with Crippen LogP contribution in [-0.4, -0.2) is 23.6 Å². The Hall–Kier alpha value is -1.42. The van der Waals surface area contributed by atoms with Gasteiger partial charge in [-0.2, -0.15) is 0 Å². The van der Waals surface area contributed by atoms with E-state index in [2.05, 4.69) is 17.2 Å². The molecule has 0 bridgehead atoms. The second kappa shape index (κ2) is 7.82. The summed E-state index contributed by atoms with van der Waals surface area (Å²) in [6.07, 6.45) is 5.27. The van der Waals surface area contributed by atoms with Crippen LogP contribution in [0.3, 0.4) is 0 Å². The smallest absolute Gasteiger partial charge is 0.323 e. The first-order chi connectivity index (χ1) is 8.69. The molecule has 18 heavy (non-hydrogen) atoms. The van der Waals surface area contributed by atoms with Gasteiger partial charge in [-0.15, -0.1) is 0 Å². The number of rotatable bonds is 7. The molecule has 0 saturated heterocycles. The molecular formula is C14H22N2O2. The summed E-state index contributed by atoms with van der Waals surface area (Å²) in [6, 6.07) is 3.73. The first kappa shape index (κ1) is 14.6. The molecular weight excluding hydrogens is 228 g/mol. The first-order valence-corrected chi connectivity index (χ1v) is 6.51. The van der Waals surface area contributed by atoms with Crippen LogP contribution in [0.1, 0.15) is 45.2 Å². The second-order valence-corrected chi connectivity index (χ2v) is 4.27. The summed E-state index contributed by atoms with van der Waals surface area (Å²) in [5, 5.41) is 3.30. The molecule has 0 amide bonds. The van der Waals surface area contributed by atoms with Gasteiger partial charge in [-0.05, 0) is 31.9 Å². The number of hydrogen-bond donors (Lipinski definition) is 1. The fourth-order valence-corrected chi connectivity index (χ4v) is 1.83. The molecule has 1 rings (SSSR count). The van der Waals surface area contributed by atoms with Gasteiger partial charge in [0.1, 0.15) is 6.04 Å². The van der Waals surface area contributed by atoms with Gasteiger partial charge < -0.3 is 4.74 Å². The number of carbonyl (C=O) groups excluding carboxylic acids is 1. The molecule has 0 aromatic carbocycles. The monoisotopic (exact) mass is 250 g/mol. The van der Waals surface area contributed by atoms with E-state index in [1.165, 1.54) is 0 Å². The van der Waals surface area contributed by atoms with Gasteiger partial charge in [-0.1, -0.05) is 19.4 Å². The summed E-state index contributed by atoms with van der Waals surface area (Å²) in [4.78, 5) is 15.9. The van der Waals surface area contributed by atoms with Crippen molar-refractivity contribution in [1.82, 2.24) is 10.3 Å². The minimum atomic E-state index is -0.245. The lowest BCUT2D eigenvalue weighted by molar-refractivity contribution is -0.146. The standard InChI is InChI=1S/C14H22N2O2/c1-4-7-13(14(17)18-5-2)16-11(3)12-8-6-9-15-10-12/h6,8-11,13,16H,4-5,7H2,1-3H3. The van der Waals surface area contributed by atoms with Crippen LogP contribution < -0.4 is 5.32 Å². The number of hydrogen-bond acceptors (Lipinski definition) is 4. The predicted octanol–water partition coefficient (Wildman–Crippen LogP) is 2.46. The van der Waals surface area contributed by atoms with E-state index in [4.69, 9.17) is 4.74 Å². The molecule has 1 N–H and O–H groups in total. The number of carbonyl (C=O) groups is 1. The van der Waals surface area contributed by atoms with Crippen LogP contribution in [0, 0.1) is 0 Å². The summed E-state index contributed by atoms with van der Waals surface area (Å²) >= 11 is 0. The molecule has 0 radical (unpaired) electrons. The molecule has 1 aromatic heterocycles. The summed E-state index contributed by atoms with van der Waals surface area (Å²) in [7, 11) is 0. The van der Waals surface area contributed by atoms with E-state index in [0.29, 0.717) is 6.61 Å². The molecule has 0 saturated carbocycles. The largest absolute Gasteiger partial charge is 0.465 e. The van der Waals surface area contributed by atoms with Gasteiger partial charge >= 0.3 is 5.97 Å². The van der Waals surface area contributed by atoms with Crippen LogP contribution in [0.2, 0.25) is 0 Å². The Morgan fingerprint density at radius 1 is 1.50 bits per heavy atom. The van der Waals surface area contributed by atoms with Crippen molar-refractivity contribution in [2.24, 2.45) is 0 Å². The summed E-state index contributed by atoms with van der Waals surface area (Å²) < 4.78 is 5.08. The van der Waals surface area contributed by atoms with Crippen molar-refractivity contribution >= 4 is 5.97 Å². The van der Waals surface area contributed by atoms with Crippen molar-refractivity contribution in [3.8, 4) is 0 Å². The van der Waals surface area contributed by atoms with Crippen molar-refractivity contribution in [3.63, 3.8) is 0 Å². The quantitative estimate of drug-likeness (QED) is 0.755. The van der Waals surface area contributed by atoms with Crippen LogP contribution in [0.15, 0.2) is 24.5 Å². The molecule has 4 heteroatoms. The average molecular weight is 250 g/mol. The summed E-state index contributed by atoms with van der Waals surface area (Å²) in [6.45, 7) is 6.33. The van der Waals surface area contributed by atoms with Gasteiger partial charge in [-0.25, -0.2) is 0 Å². The van der Waals surface area contributed by atoms with Gasteiger partial charge in [0.25, 0.3) is 0 Å². The van der Waals surface area contributed by atoms with Gasteiger partial charge in [0.2, 0.25) is 0 Å². The molecule has 0 aliphatic heterocycles. The molecule has 1 aromatic rings. The van der Waals surface area contributed by atoms with E-state index < -0.39 is 0 Å². The van der Waals surface area contributed by atoms with Crippen LogP contribution >= 0.6 is 0 Å². The normalized spacial score (nSPS) is 13.9. The lowest BCUT2D eigenvalue weighted by atomic mass is 10.1. The highest BCUT2D eigenvalue weighted by atomic mass is 16.5. The predicted molar refractivity (Wildman–Crippen MR) is 71.1 cm³/mol. The fraction of sp³-hybridized carbons (Fsp3) is 0.571. The molecule has 4 nitrogen and oxygen atoms in total. The average Bonchev–Trinajstić information content (AvgIpc) is 2.39. The zero-order chi connectivity index (χ0) is 13.4. The maximum atomic E-state index is 11.8. The van der Waals surface area contributed by atoms with E-state index in [1.54, 1.807) is 6.20 Å². The van der Waals surface area contributed by atoms with E-state index in [-0.39, 0.29) is 18.1 Å². The third-order valence-corrected chi connectivity index (χ3v) is 2.78. The number of ether oxygens (including phenoxy) is 1. The summed E-state index contributed by atoms with van der Waals surface area (Å²) in [5.74, 6) is -0.171. The second-order valence-electron chi connectivity index (χ2n) is 4.27. The maximum Gasteiger partial charge on any atom is 0.323 e. The van der Waals surface area contributed by atoms with E-state index >= 15 is 0 Å². The van der Waals surface area contributed by atoms with E-state index in [0.717, 1.165) is 18.4 Å². The minimum absolute atomic E-state index is 0.0830. The number of nitrogens with zero attached hydrogens (tertiary/aromatic N) is 1. The van der Waals surface area contributed by atoms with Crippen LogP contribution in [0.5, 0.6) is 0 Å². The molecule has 0 aliphatic rings. The summed E-state index contributed by atoms with van der Waals surface area (Å²) in [5.41, 5.74) is 1.07. The Bertz CT molecular complexity index is 354. The Labute approximate surface area is 109 Å². The number of esters is 1. The third-order valence-electron chi connectivity index (χ3n) is 2.78. The van der Waals surface area contributed by atoms with Crippen molar-refractivity contribution in [1.29, 1.82) is 0 Å². The zero-order valence-corrected chi connectivity index (χ0v) is 11.3. The van der Waals surface area contributed by atoms with Crippen molar-refractivity contribution in [2.45, 2.75) is 45.7 Å². The van der Waals surface area contributed by atoms with E-state index in [9.17, 15) is 4.79 Å². The maximum absolute atomic E-state index is 11.8. The van der Waals surface area contributed by atoms with Crippen molar-refractivity contribution in [3.05, 3.63) is 30.1 Å². The first-order valence-electron chi connectivity index (χ1n) is 6.51. The van der Waals surface area contributed by atoms with Crippen LogP contribution in [0.25, 0.3) is 0 Å². The van der Waals surface area contributed by atoms with Gasteiger partial charge in [-0.3, -0.25) is 15.1 Å². The molecule has 0 fully saturated rings. The van der Waals surface area contributed by atoms with Crippen molar-refractivity contribution in [2.75, 3.05) is 6.61 Å². The molecule has 0 aliphatic carbocycles. The Balaban J connectivity index is 2.63. The minimum Gasteiger partial charge on any atom is -0.465 e. The Morgan fingerprint density at radius 3 is 2.83 bits per heavy atom. The number of pyridine rings is 1. The van der Waals surface area contributed by atoms with E-state index in [1.807, 2.05) is 32.2 Å². The number of nitrogens with one attached hydrogen (secondary N) is 1. The SMILES string of the molecule is CCCC(NC(C)c1cccnc1)C(=O)OCC. The Morgan fingerprint density at radius 2 is 2.28 bits per heavy atom. The van der Waals surface area contributed by atoms with Crippen LogP contribution in [0.4, 0.5) is 0 Å². The van der Waals surface area contributed by atoms with Gasteiger partial charge in [0.15, 0.2) is 0 Å². The topological polar surface area (TPSA) is 51.2 Å². The van der Waals surface area contributed by atoms with Crippen LogP contribution in [-0.2, 0) is 9.53 Å². The third kappa shape index (κ3) is 4.45. The molecule has 2 unspecified atom stereocenters. The molecule has 100 valence electrons. The number of aromatic nitrogens is 1. The lowest BCUT2D eigenvalue weighted by Gasteiger charge is -2.21. The zero-order valence-electron chi connectivity index (χ0n) is 11.3. The highest BCUT2D eigenvalue weighted by Gasteiger charge is 2.21. The lowest BCUT2D eigenvalue weighted by Crippen LogP contribution is -2.39. The fourth-order valence-electron chi connectivity index (χ4n) is 1.83. The van der Waals surface area contributed by atoms with Crippen molar-refractivity contribution < 1.29 is 9.53 Å². The highest BCUT2D eigenvalue weighted by Crippen LogP contribution is 2.13. The molecule has 2 atom stereocenters. The highest BCUT2D eigenvalue weighted by molar-refractivity contribution is 5.75. The molecule has 0 spiro atoms. The van der Waals surface area contributed by atoms with Gasteiger partial charge in [0, 0.05) is 18.4 Å². The Kier molecular flexibility index (Phi) is 6.36. The molecule has 1 heterocycles. The van der Waals surface area contributed by atoms with Gasteiger partial charge in [0.05, 0.1) is 6.61 Å².